The van der Waals surface area contributed by atoms with Gasteiger partial charge in [-0.15, -0.1) is 0 Å². The highest BCUT2D eigenvalue weighted by molar-refractivity contribution is 5.86. The lowest BCUT2D eigenvalue weighted by molar-refractivity contribution is 0.0960. The van der Waals surface area contributed by atoms with E-state index in [0.717, 1.165) is 63.7 Å². The largest absolute Gasteiger partial charge is 0.490 e. The molecule has 0 aliphatic carbocycles. The number of hydrogen-bond acceptors (Lipinski definition) is 6. The van der Waals surface area contributed by atoms with Crippen LogP contribution in [0.2, 0.25) is 0 Å². The Morgan fingerprint density at radius 3 is 2.85 bits per heavy atom. The summed E-state index contributed by atoms with van der Waals surface area (Å²) < 4.78 is 19.1. The third-order valence-electron chi connectivity index (χ3n) is 5.62. The minimum Gasteiger partial charge on any atom is -0.490 e. The number of piperidine rings is 1. The van der Waals surface area contributed by atoms with Crippen LogP contribution in [0.25, 0.3) is 10.9 Å². The van der Waals surface area contributed by atoms with Crippen LogP contribution in [-0.2, 0) is 11.3 Å². The van der Waals surface area contributed by atoms with E-state index < -0.39 is 0 Å². The standard InChI is InChI=1S/C20H24N4O3/c1-2-18-17(6-10-24(18)15-7-11-25-13-15)19(3-1)27-16-4-8-23(9-5-16)12-20-21-14-26-22-20/h1-3,6,10,14-16H,4-5,7-9,11-13H2. The first-order valence-electron chi connectivity index (χ1n) is 9.68. The fourth-order valence-corrected chi connectivity index (χ4v) is 4.15. The lowest BCUT2D eigenvalue weighted by atomic mass is 10.1. The first-order valence-corrected chi connectivity index (χ1v) is 9.68. The number of fused-ring (bicyclic) bond motifs is 1. The second kappa shape index (κ2) is 7.32. The van der Waals surface area contributed by atoms with Crippen molar-refractivity contribution in [2.75, 3.05) is 26.3 Å². The Balaban J connectivity index is 1.25. The van der Waals surface area contributed by atoms with E-state index in [4.69, 9.17) is 14.0 Å². The Hall–Kier alpha value is -2.38. The normalized spacial score (nSPS) is 21.9. The zero-order valence-corrected chi connectivity index (χ0v) is 15.3. The van der Waals surface area contributed by atoms with Crippen LogP contribution in [0.3, 0.4) is 0 Å². The molecule has 142 valence electrons. The molecule has 1 unspecified atom stereocenters. The van der Waals surface area contributed by atoms with Gasteiger partial charge in [0.1, 0.15) is 11.9 Å². The Labute approximate surface area is 157 Å². The Morgan fingerprint density at radius 2 is 2.07 bits per heavy atom. The van der Waals surface area contributed by atoms with Gasteiger partial charge in [-0.25, -0.2) is 0 Å². The maximum Gasteiger partial charge on any atom is 0.213 e. The van der Waals surface area contributed by atoms with Gasteiger partial charge < -0.3 is 18.6 Å². The van der Waals surface area contributed by atoms with Crippen LogP contribution >= 0.6 is 0 Å². The molecule has 2 aliphatic heterocycles. The van der Waals surface area contributed by atoms with Crippen LogP contribution in [0, 0.1) is 0 Å². The molecule has 0 N–H and O–H groups in total. The zero-order valence-electron chi connectivity index (χ0n) is 15.3. The first-order chi connectivity index (χ1) is 13.4. The molecule has 27 heavy (non-hydrogen) atoms. The van der Waals surface area contributed by atoms with E-state index >= 15 is 0 Å². The van der Waals surface area contributed by atoms with E-state index in [9.17, 15) is 0 Å². The van der Waals surface area contributed by atoms with Crippen LogP contribution < -0.4 is 4.74 Å². The summed E-state index contributed by atoms with van der Waals surface area (Å²) in [6, 6.07) is 8.97. The molecule has 5 rings (SSSR count). The van der Waals surface area contributed by atoms with Gasteiger partial charge in [0.2, 0.25) is 6.39 Å². The predicted molar refractivity (Wildman–Crippen MR) is 99.6 cm³/mol. The summed E-state index contributed by atoms with van der Waals surface area (Å²) in [5.74, 6) is 1.73. The van der Waals surface area contributed by atoms with Gasteiger partial charge in [0.25, 0.3) is 0 Å². The first kappa shape index (κ1) is 16.8. The van der Waals surface area contributed by atoms with E-state index in [0.29, 0.717) is 6.04 Å². The number of likely N-dealkylation sites (tertiary alicyclic amines) is 1. The molecule has 0 radical (unpaired) electrons. The van der Waals surface area contributed by atoms with Gasteiger partial charge in [-0.2, -0.15) is 4.98 Å². The van der Waals surface area contributed by atoms with Gasteiger partial charge in [-0.05, 0) is 37.5 Å². The number of nitrogens with zero attached hydrogens (tertiary/aromatic N) is 4. The van der Waals surface area contributed by atoms with Gasteiger partial charge >= 0.3 is 0 Å². The molecule has 0 saturated carbocycles. The molecule has 2 aromatic heterocycles. The SMILES string of the molecule is c1cc(OC2CCN(Cc3ncon3)CC2)c2ccn(C3CCOC3)c2c1. The molecule has 0 bridgehead atoms. The lowest BCUT2D eigenvalue weighted by Gasteiger charge is -2.31. The molecule has 4 heterocycles. The molecule has 1 atom stereocenters. The summed E-state index contributed by atoms with van der Waals surface area (Å²) in [6.45, 7) is 4.35. The van der Waals surface area contributed by atoms with E-state index in [1.54, 1.807) is 0 Å². The molecular formula is C20H24N4O3. The Morgan fingerprint density at radius 1 is 1.15 bits per heavy atom. The number of benzene rings is 1. The lowest BCUT2D eigenvalue weighted by Crippen LogP contribution is -2.38. The number of rotatable bonds is 5. The minimum atomic E-state index is 0.246. The molecule has 0 spiro atoms. The van der Waals surface area contributed by atoms with Crippen LogP contribution in [0.4, 0.5) is 0 Å². The highest BCUT2D eigenvalue weighted by Crippen LogP contribution is 2.32. The van der Waals surface area contributed by atoms with E-state index in [1.807, 2.05) is 0 Å². The van der Waals surface area contributed by atoms with Crippen molar-refractivity contribution in [1.29, 1.82) is 0 Å². The van der Waals surface area contributed by atoms with Crippen LogP contribution in [0.15, 0.2) is 41.4 Å². The number of aromatic nitrogens is 3. The molecule has 2 fully saturated rings. The third-order valence-corrected chi connectivity index (χ3v) is 5.62. The summed E-state index contributed by atoms with van der Waals surface area (Å²) in [6.07, 6.45) is 6.89. The Bertz CT molecular complexity index is 878. The number of hydrogen-bond donors (Lipinski definition) is 0. The summed E-state index contributed by atoms with van der Waals surface area (Å²) in [5, 5.41) is 5.09. The summed E-state index contributed by atoms with van der Waals surface area (Å²) in [4.78, 5) is 6.45. The highest BCUT2D eigenvalue weighted by Gasteiger charge is 2.23. The second-order valence-electron chi connectivity index (χ2n) is 7.37. The van der Waals surface area contributed by atoms with Crippen LogP contribution in [0.5, 0.6) is 5.75 Å². The second-order valence-corrected chi connectivity index (χ2v) is 7.37. The molecule has 3 aromatic rings. The maximum atomic E-state index is 6.41. The van der Waals surface area contributed by atoms with Crippen molar-refractivity contribution in [3.05, 3.63) is 42.7 Å². The average molecular weight is 368 g/mol. The van der Waals surface area contributed by atoms with Crippen LogP contribution in [-0.4, -0.2) is 52.0 Å². The van der Waals surface area contributed by atoms with Crippen molar-refractivity contribution in [3.8, 4) is 5.75 Å². The predicted octanol–water partition coefficient (Wildman–Crippen LogP) is 3.03. The topological polar surface area (TPSA) is 65.5 Å². The fourth-order valence-electron chi connectivity index (χ4n) is 4.15. The van der Waals surface area contributed by atoms with Gasteiger partial charge in [-0.3, -0.25) is 4.90 Å². The van der Waals surface area contributed by atoms with E-state index in [-0.39, 0.29) is 6.10 Å². The van der Waals surface area contributed by atoms with Gasteiger partial charge in [0.05, 0.1) is 24.7 Å². The molecule has 7 heteroatoms. The molecule has 2 aliphatic rings. The third kappa shape index (κ3) is 3.44. The molecular weight excluding hydrogens is 344 g/mol. The van der Waals surface area contributed by atoms with Crippen molar-refractivity contribution < 1.29 is 14.0 Å². The summed E-state index contributed by atoms with van der Waals surface area (Å²) in [5.41, 5.74) is 1.23. The van der Waals surface area contributed by atoms with Gasteiger partial charge in [0, 0.05) is 31.3 Å². The summed E-state index contributed by atoms with van der Waals surface area (Å²) >= 11 is 0. The van der Waals surface area contributed by atoms with Gasteiger partial charge in [0.15, 0.2) is 5.82 Å². The van der Waals surface area contributed by atoms with E-state index in [1.165, 1.54) is 17.3 Å². The molecule has 1 aromatic carbocycles. The minimum absolute atomic E-state index is 0.246. The van der Waals surface area contributed by atoms with Gasteiger partial charge in [-0.1, -0.05) is 11.2 Å². The van der Waals surface area contributed by atoms with Crippen molar-refractivity contribution in [2.24, 2.45) is 0 Å². The van der Waals surface area contributed by atoms with Crippen molar-refractivity contribution >= 4 is 10.9 Å². The van der Waals surface area contributed by atoms with Crippen molar-refractivity contribution in [3.63, 3.8) is 0 Å². The van der Waals surface area contributed by atoms with E-state index in [2.05, 4.69) is 50.1 Å². The monoisotopic (exact) mass is 368 g/mol. The summed E-state index contributed by atoms with van der Waals surface area (Å²) in [7, 11) is 0. The maximum absolute atomic E-state index is 6.41. The highest BCUT2D eigenvalue weighted by atomic mass is 16.5. The quantitative estimate of drug-likeness (QED) is 0.690. The zero-order chi connectivity index (χ0) is 18.1. The Kier molecular flexibility index (Phi) is 4.55. The van der Waals surface area contributed by atoms with Crippen LogP contribution in [0.1, 0.15) is 31.1 Å². The fraction of sp³-hybridized carbons (Fsp3) is 0.500. The smallest absolute Gasteiger partial charge is 0.213 e. The average Bonchev–Trinajstić information content (AvgIpc) is 3.45. The number of ether oxygens (including phenoxy) is 2. The molecule has 7 nitrogen and oxygen atoms in total. The molecule has 0 amide bonds. The molecule has 2 saturated heterocycles. The van der Waals surface area contributed by atoms with Crippen molar-refractivity contribution in [2.45, 2.75) is 38.0 Å². The van der Waals surface area contributed by atoms with Crippen molar-refractivity contribution in [1.82, 2.24) is 19.6 Å².